The Labute approximate surface area is 205 Å². The van der Waals surface area contributed by atoms with Crippen molar-refractivity contribution < 1.29 is 22.8 Å². The summed E-state index contributed by atoms with van der Waals surface area (Å²) in [6, 6.07) is 9.33. The molecule has 0 amide bonds. The highest BCUT2D eigenvalue weighted by Gasteiger charge is 2.50. The van der Waals surface area contributed by atoms with Gasteiger partial charge in [0.1, 0.15) is 0 Å². The molecule has 13 heteroatoms. The summed E-state index contributed by atoms with van der Waals surface area (Å²) in [5.74, 6) is 3.12. The van der Waals surface area contributed by atoms with Crippen LogP contribution in [0.5, 0.6) is 0 Å². The van der Waals surface area contributed by atoms with Gasteiger partial charge in [0.15, 0.2) is 12.0 Å². The molecular formula is C23H26F3N7O3. The second-order valence-electron chi connectivity index (χ2n) is 8.20. The molecule has 0 saturated carbocycles. The number of benzene rings is 1. The van der Waals surface area contributed by atoms with Crippen molar-refractivity contribution in [2.75, 3.05) is 48.0 Å². The zero-order valence-corrected chi connectivity index (χ0v) is 19.8. The van der Waals surface area contributed by atoms with Gasteiger partial charge < -0.3 is 20.4 Å². The van der Waals surface area contributed by atoms with Gasteiger partial charge in [-0.15, -0.1) is 11.0 Å². The number of hydrogen-bond acceptors (Lipinski definition) is 9. The first-order valence-electron chi connectivity index (χ1n) is 11.3. The molecule has 1 saturated heterocycles. The van der Waals surface area contributed by atoms with Crippen molar-refractivity contribution in [3.05, 3.63) is 46.2 Å². The third-order valence-electron chi connectivity index (χ3n) is 5.84. The number of nitrogens with zero attached hydrogens (tertiary/aromatic N) is 5. The Balaban J connectivity index is 1.79. The Morgan fingerprint density at radius 1 is 1.25 bits per heavy atom. The van der Waals surface area contributed by atoms with Gasteiger partial charge in [0.25, 0.3) is 5.56 Å². The molecule has 1 atom stereocenters. The van der Waals surface area contributed by atoms with E-state index in [-0.39, 0.29) is 24.0 Å². The first-order valence-corrected chi connectivity index (χ1v) is 11.3. The monoisotopic (exact) mass is 505 g/mol. The van der Waals surface area contributed by atoms with Gasteiger partial charge in [-0.25, -0.2) is 4.79 Å². The van der Waals surface area contributed by atoms with E-state index >= 15 is 0 Å². The summed E-state index contributed by atoms with van der Waals surface area (Å²) in [5.41, 5.74) is 0.398. The van der Waals surface area contributed by atoms with Gasteiger partial charge in [-0.05, 0) is 12.5 Å². The number of rotatable bonds is 6. The maximum Gasteiger partial charge on any atom is 0.493 e. The minimum Gasteiger partial charge on any atom is -0.351 e. The van der Waals surface area contributed by atoms with Crippen LogP contribution in [0.15, 0.2) is 35.1 Å². The van der Waals surface area contributed by atoms with E-state index in [0.29, 0.717) is 32.7 Å². The lowest BCUT2D eigenvalue weighted by atomic mass is 10.2. The molecule has 0 spiro atoms. The second-order valence-corrected chi connectivity index (χ2v) is 8.20. The van der Waals surface area contributed by atoms with Crippen LogP contribution < -0.4 is 26.2 Å². The van der Waals surface area contributed by atoms with Crippen LogP contribution in [-0.4, -0.2) is 65.6 Å². The summed E-state index contributed by atoms with van der Waals surface area (Å²) in [7, 11) is 1.51. The van der Waals surface area contributed by atoms with Crippen molar-refractivity contribution in [3.8, 4) is 11.8 Å². The maximum absolute atomic E-state index is 13.5. The normalized spacial score (nSPS) is 17.9. The van der Waals surface area contributed by atoms with E-state index in [9.17, 15) is 22.8 Å². The number of halogens is 3. The van der Waals surface area contributed by atoms with E-state index < -0.39 is 24.0 Å². The number of alkyl halides is 3. The van der Waals surface area contributed by atoms with Crippen molar-refractivity contribution in [1.82, 2.24) is 19.8 Å². The summed E-state index contributed by atoms with van der Waals surface area (Å²) in [6.07, 6.45) is -6.27. The lowest BCUT2D eigenvalue weighted by Crippen LogP contribution is -2.61. The Morgan fingerprint density at radius 2 is 1.94 bits per heavy atom. The van der Waals surface area contributed by atoms with Crippen molar-refractivity contribution in [3.63, 3.8) is 0 Å². The average molecular weight is 506 g/mol. The number of anilines is 3. The predicted octanol–water partition coefficient (Wildman–Crippen LogP) is 1.25. The van der Waals surface area contributed by atoms with Crippen LogP contribution in [0.2, 0.25) is 0 Å². The summed E-state index contributed by atoms with van der Waals surface area (Å²) >= 11 is 0. The van der Waals surface area contributed by atoms with E-state index in [1.807, 2.05) is 35.2 Å². The van der Waals surface area contributed by atoms with E-state index in [1.165, 1.54) is 16.5 Å². The first kappa shape index (κ1) is 25.3. The zero-order chi connectivity index (χ0) is 25.9. The predicted molar refractivity (Wildman–Crippen MR) is 127 cm³/mol. The Hall–Kier alpha value is -3.76. The lowest BCUT2D eigenvalue weighted by Gasteiger charge is -2.40. The Morgan fingerprint density at radius 3 is 2.58 bits per heavy atom. The molecule has 2 aliphatic rings. The molecule has 0 radical (unpaired) electrons. The number of fused-ring (bicyclic) bond motifs is 1. The fourth-order valence-electron chi connectivity index (χ4n) is 4.09. The lowest BCUT2D eigenvalue weighted by molar-refractivity contribution is -0.203. The molecule has 0 bridgehead atoms. The fraction of sp³-hybridized carbons (Fsp3) is 0.435. The molecule has 3 heterocycles. The third kappa shape index (κ3) is 5.09. The van der Waals surface area contributed by atoms with Crippen molar-refractivity contribution in [1.29, 1.82) is 0 Å². The highest BCUT2D eigenvalue weighted by molar-refractivity contribution is 5.80. The van der Waals surface area contributed by atoms with Crippen LogP contribution in [0.4, 0.5) is 30.6 Å². The van der Waals surface area contributed by atoms with Crippen molar-refractivity contribution in [2.45, 2.75) is 25.9 Å². The SMILES string of the molecule is CC#CCN1c2c(nc(NCc3ccccc3)n(C)c2=O)N(OC(=O)C(F)(F)F)C1N1CCNCC1. The van der Waals surface area contributed by atoms with Crippen LogP contribution in [0.25, 0.3) is 0 Å². The smallest absolute Gasteiger partial charge is 0.351 e. The number of piperazine rings is 1. The number of aromatic nitrogens is 2. The molecule has 4 rings (SSSR count). The van der Waals surface area contributed by atoms with Gasteiger partial charge >= 0.3 is 12.1 Å². The maximum atomic E-state index is 13.5. The fourth-order valence-corrected chi connectivity index (χ4v) is 4.09. The zero-order valence-electron chi connectivity index (χ0n) is 19.8. The number of carbonyl (C=O) groups excluding carboxylic acids is 1. The van der Waals surface area contributed by atoms with Gasteiger partial charge in [0.05, 0.1) is 6.54 Å². The minimum absolute atomic E-state index is 0.00372. The van der Waals surface area contributed by atoms with Crippen LogP contribution in [0.3, 0.4) is 0 Å². The molecule has 1 fully saturated rings. The Kier molecular flexibility index (Phi) is 7.37. The molecule has 1 unspecified atom stereocenters. The molecule has 2 aliphatic heterocycles. The number of hydrogen-bond donors (Lipinski definition) is 2. The number of hydroxylamine groups is 1. The first-order chi connectivity index (χ1) is 17.2. The van der Waals surface area contributed by atoms with E-state index in [2.05, 4.69) is 27.5 Å². The van der Waals surface area contributed by atoms with Gasteiger partial charge in [-0.1, -0.05) is 36.3 Å². The highest BCUT2D eigenvalue weighted by Crippen LogP contribution is 2.38. The van der Waals surface area contributed by atoms with Gasteiger partial charge in [0.2, 0.25) is 11.8 Å². The van der Waals surface area contributed by atoms with Crippen molar-refractivity contribution >= 4 is 23.4 Å². The van der Waals surface area contributed by atoms with Crippen molar-refractivity contribution in [2.24, 2.45) is 7.05 Å². The minimum atomic E-state index is -5.24. The molecule has 2 aromatic rings. The second kappa shape index (κ2) is 10.5. The largest absolute Gasteiger partial charge is 0.493 e. The number of nitrogens with one attached hydrogen (secondary N) is 2. The molecule has 10 nitrogen and oxygen atoms in total. The van der Waals surface area contributed by atoms with Crippen LogP contribution in [0.1, 0.15) is 12.5 Å². The summed E-state index contributed by atoms with van der Waals surface area (Å²) in [6.45, 7) is 3.96. The topological polar surface area (TPSA) is 95.0 Å². The molecule has 192 valence electrons. The summed E-state index contributed by atoms with van der Waals surface area (Å²) in [4.78, 5) is 38.1. The molecule has 0 aliphatic carbocycles. The molecule has 1 aromatic carbocycles. The molecule has 2 N–H and O–H groups in total. The molecule has 36 heavy (non-hydrogen) atoms. The van der Waals surface area contributed by atoms with Gasteiger partial charge in [0, 0.05) is 39.8 Å². The van der Waals surface area contributed by atoms with Crippen LogP contribution in [-0.2, 0) is 23.2 Å². The quantitative estimate of drug-likeness (QED) is 0.563. The van der Waals surface area contributed by atoms with Crippen LogP contribution in [0, 0.1) is 11.8 Å². The summed E-state index contributed by atoms with van der Waals surface area (Å²) < 4.78 is 40.9. The summed E-state index contributed by atoms with van der Waals surface area (Å²) in [5, 5.41) is 7.00. The standard InChI is InChI=1S/C23H26F3N7O3/c1-3-4-12-32-17-18(29-21(30(2)19(17)34)28-15-16-8-6-5-7-9-16)33(36-20(35)23(24,25)26)22(32)31-13-10-27-11-14-31/h5-9,22,27H,10-15H2,1-2H3,(H,28,29). The Bertz CT molecular complexity index is 1220. The average Bonchev–Trinajstić information content (AvgIpc) is 3.17. The van der Waals surface area contributed by atoms with Gasteiger partial charge in [-0.2, -0.15) is 18.2 Å². The van der Waals surface area contributed by atoms with Crippen LogP contribution >= 0.6 is 0 Å². The van der Waals surface area contributed by atoms with E-state index in [4.69, 9.17) is 4.84 Å². The highest BCUT2D eigenvalue weighted by atomic mass is 19.4. The molecular weight excluding hydrogens is 479 g/mol. The van der Waals surface area contributed by atoms with E-state index in [0.717, 1.165) is 10.6 Å². The number of carbonyl (C=O) groups is 1. The van der Waals surface area contributed by atoms with E-state index in [1.54, 1.807) is 6.92 Å². The molecule has 1 aromatic heterocycles. The van der Waals surface area contributed by atoms with Gasteiger partial charge in [-0.3, -0.25) is 14.3 Å². The third-order valence-corrected chi connectivity index (χ3v) is 5.84.